The Morgan fingerprint density at radius 2 is 1.88 bits per heavy atom. The van der Waals surface area contributed by atoms with Gasteiger partial charge in [-0.25, -0.2) is 4.98 Å². The van der Waals surface area contributed by atoms with Gasteiger partial charge in [0, 0.05) is 26.7 Å². The van der Waals surface area contributed by atoms with Crippen molar-refractivity contribution in [1.29, 1.82) is 0 Å². The first kappa shape index (κ1) is 22.8. The van der Waals surface area contributed by atoms with Crippen LogP contribution in [0.1, 0.15) is 53.0 Å². The lowest BCUT2D eigenvalue weighted by Gasteiger charge is -2.40. The number of H-pyrrole nitrogens is 1. The summed E-state index contributed by atoms with van der Waals surface area (Å²) in [7, 11) is 1.67. The van der Waals surface area contributed by atoms with Gasteiger partial charge in [0.1, 0.15) is 18.1 Å². The van der Waals surface area contributed by atoms with Crippen LogP contribution in [0.3, 0.4) is 0 Å². The second-order valence-corrected chi connectivity index (χ2v) is 8.71. The van der Waals surface area contributed by atoms with E-state index in [4.69, 9.17) is 4.74 Å². The maximum atomic E-state index is 13.3. The zero-order valence-electron chi connectivity index (χ0n) is 19.0. The molecule has 1 saturated heterocycles. The number of imidazole rings is 1. The predicted molar refractivity (Wildman–Crippen MR) is 122 cm³/mol. The molecule has 0 unspecified atom stereocenters. The molecule has 0 atom stereocenters. The second-order valence-electron chi connectivity index (χ2n) is 8.71. The first-order valence-corrected chi connectivity index (χ1v) is 11.5. The van der Waals surface area contributed by atoms with Crippen LogP contribution in [0, 0.1) is 5.41 Å². The van der Waals surface area contributed by atoms with Crippen molar-refractivity contribution < 1.29 is 19.1 Å². The highest BCUT2D eigenvalue weighted by Crippen LogP contribution is 2.38. The SMILES string of the molecule is CNC(=O)C12CCCCN(C(=O)c3cnc[nH]3)CCOc3ccccc3C(=O)N(CC1)CC2. The van der Waals surface area contributed by atoms with Crippen LogP contribution < -0.4 is 10.1 Å². The van der Waals surface area contributed by atoms with Crippen molar-refractivity contribution in [3.63, 3.8) is 0 Å². The molecule has 5 rings (SSSR count). The third-order valence-electron chi connectivity index (χ3n) is 6.80. The fraction of sp³-hybridized carbons (Fsp3) is 0.500. The number of fused-ring (bicyclic) bond motifs is 9. The van der Waals surface area contributed by atoms with Crippen LogP contribution in [-0.4, -0.2) is 77.3 Å². The first-order chi connectivity index (χ1) is 16.0. The van der Waals surface area contributed by atoms with Crippen LogP contribution in [0.2, 0.25) is 0 Å². The number of para-hydroxylation sites is 1. The molecule has 0 spiro atoms. The van der Waals surface area contributed by atoms with Gasteiger partial charge in [-0.1, -0.05) is 18.6 Å². The van der Waals surface area contributed by atoms with Crippen LogP contribution >= 0.6 is 0 Å². The molecule has 0 radical (unpaired) electrons. The van der Waals surface area contributed by atoms with Crippen molar-refractivity contribution in [1.82, 2.24) is 25.1 Å². The van der Waals surface area contributed by atoms with Gasteiger partial charge in [-0.3, -0.25) is 14.4 Å². The molecule has 3 aliphatic heterocycles. The molecule has 1 aromatic carbocycles. The highest BCUT2D eigenvalue weighted by molar-refractivity contribution is 5.97. The van der Waals surface area contributed by atoms with Gasteiger partial charge >= 0.3 is 0 Å². The number of aromatic nitrogens is 2. The van der Waals surface area contributed by atoms with Crippen LogP contribution in [0.4, 0.5) is 0 Å². The monoisotopic (exact) mass is 453 g/mol. The van der Waals surface area contributed by atoms with E-state index in [0.717, 1.165) is 19.3 Å². The van der Waals surface area contributed by atoms with Crippen molar-refractivity contribution in [3.05, 3.63) is 48.0 Å². The van der Waals surface area contributed by atoms with Crippen LogP contribution in [0.15, 0.2) is 36.8 Å². The molecule has 33 heavy (non-hydrogen) atoms. The molecule has 3 aliphatic rings. The van der Waals surface area contributed by atoms with E-state index < -0.39 is 5.41 Å². The van der Waals surface area contributed by atoms with Gasteiger partial charge in [0.25, 0.3) is 11.8 Å². The Balaban J connectivity index is 1.60. The molecule has 2 N–H and O–H groups in total. The van der Waals surface area contributed by atoms with Gasteiger partial charge in [-0.05, 0) is 37.8 Å². The maximum absolute atomic E-state index is 13.3. The van der Waals surface area contributed by atoms with Crippen LogP contribution in [0.25, 0.3) is 0 Å². The summed E-state index contributed by atoms with van der Waals surface area (Å²) in [5, 5.41) is 2.83. The van der Waals surface area contributed by atoms with Crippen molar-refractivity contribution in [2.45, 2.75) is 32.1 Å². The number of aromatic amines is 1. The van der Waals surface area contributed by atoms with Crippen molar-refractivity contribution in [3.8, 4) is 5.75 Å². The summed E-state index contributed by atoms with van der Waals surface area (Å²) in [5.74, 6) is 0.316. The highest BCUT2D eigenvalue weighted by Gasteiger charge is 2.41. The van der Waals surface area contributed by atoms with E-state index in [1.807, 2.05) is 17.0 Å². The number of nitrogens with zero attached hydrogens (tertiary/aromatic N) is 3. The minimum Gasteiger partial charge on any atom is -0.491 e. The summed E-state index contributed by atoms with van der Waals surface area (Å²) in [6, 6.07) is 7.21. The van der Waals surface area contributed by atoms with Gasteiger partial charge in [0.05, 0.1) is 30.0 Å². The van der Waals surface area contributed by atoms with Gasteiger partial charge in [-0.15, -0.1) is 0 Å². The van der Waals surface area contributed by atoms with Crippen molar-refractivity contribution >= 4 is 17.7 Å². The normalized spacial score (nSPS) is 19.1. The van der Waals surface area contributed by atoms with Gasteiger partial charge in [0.2, 0.25) is 5.91 Å². The molecule has 1 aromatic heterocycles. The molecule has 0 saturated carbocycles. The average Bonchev–Trinajstić information content (AvgIpc) is 3.39. The number of rotatable bonds is 2. The Labute approximate surface area is 193 Å². The molecular weight excluding hydrogens is 422 g/mol. The Bertz CT molecular complexity index is 983. The Kier molecular flexibility index (Phi) is 6.96. The smallest absolute Gasteiger partial charge is 0.272 e. The van der Waals surface area contributed by atoms with Gasteiger partial charge in [0.15, 0.2) is 0 Å². The lowest BCUT2D eigenvalue weighted by atomic mass is 9.73. The van der Waals surface area contributed by atoms with Crippen LogP contribution in [-0.2, 0) is 4.79 Å². The topological polar surface area (TPSA) is 108 Å². The number of nitrogens with one attached hydrogen (secondary N) is 2. The molecule has 9 heteroatoms. The molecule has 3 amide bonds. The summed E-state index contributed by atoms with van der Waals surface area (Å²) >= 11 is 0. The Hall–Kier alpha value is -3.36. The number of amides is 3. The fourth-order valence-corrected chi connectivity index (χ4v) is 4.82. The van der Waals surface area contributed by atoms with Gasteiger partial charge in [-0.2, -0.15) is 0 Å². The number of ether oxygens (including phenoxy) is 1. The van der Waals surface area contributed by atoms with E-state index in [9.17, 15) is 14.4 Å². The number of piperidine rings is 1. The number of carbonyl (C=O) groups is 3. The molecule has 176 valence electrons. The average molecular weight is 454 g/mol. The zero-order valence-corrected chi connectivity index (χ0v) is 19.0. The summed E-state index contributed by atoms with van der Waals surface area (Å²) in [6.45, 7) is 2.27. The molecule has 2 aromatic rings. The lowest BCUT2D eigenvalue weighted by molar-refractivity contribution is -0.133. The lowest BCUT2D eigenvalue weighted by Crippen LogP contribution is -2.49. The number of hydrogen-bond donors (Lipinski definition) is 2. The summed E-state index contributed by atoms with van der Waals surface area (Å²) < 4.78 is 5.98. The standard InChI is InChI=1S/C24H31N5O4/c1-25-23(32)24-8-4-5-11-28(22(31)19-16-26-17-27-19)14-15-33-20-7-3-2-6-18(20)21(30)29(12-9-24)13-10-24/h2-3,6-7,16-17H,4-5,8-15H2,1H3,(H,25,32)(H,26,27). The molecule has 4 heterocycles. The second kappa shape index (κ2) is 10.1. The highest BCUT2D eigenvalue weighted by atomic mass is 16.5. The quantitative estimate of drug-likeness (QED) is 0.724. The number of carbonyl (C=O) groups excluding carboxylic acids is 3. The molecular formula is C24H31N5O4. The Morgan fingerprint density at radius 1 is 1.09 bits per heavy atom. The number of hydrogen-bond acceptors (Lipinski definition) is 5. The molecule has 0 aliphatic carbocycles. The van der Waals surface area contributed by atoms with Crippen molar-refractivity contribution in [2.24, 2.45) is 5.41 Å². The van der Waals surface area contributed by atoms with Gasteiger partial charge < -0.3 is 24.8 Å². The largest absolute Gasteiger partial charge is 0.491 e. The minimum atomic E-state index is -0.486. The van der Waals surface area contributed by atoms with E-state index in [2.05, 4.69) is 15.3 Å². The molecule has 1 fully saturated rings. The van der Waals surface area contributed by atoms with Crippen molar-refractivity contribution in [2.75, 3.05) is 39.8 Å². The van der Waals surface area contributed by atoms with E-state index in [0.29, 0.717) is 56.0 Å². The zero-order chi connectivity index (χ0) is 23.3. The third kappa shape index (κ3) is 4.86. The first-order valence-electron chi connectivity index (χ1n) is 11.5. The third-order valence-corrected chi connectivity index (χ3v) is 6.80. The van der Waals surface area contributed by atoms with E-state index >= 15 is 0 Å². The summed E-state index contributed by atoms with van der Waals surface area (Å²) in [6.07, 6.45) is 6.57. The van der Waals surface area contributed by atoms with E-state index in [1.54, 1.807) is 24.1 Å². The predicted octanol–water partition coefficient (Wildman–Crippen LogP) is 2.08. The summed E-state index contributed by atoms with van der Waals surface area (Å²) in [5.41, 5.74) is 0.447. The fourth-order valence-electron chi connectivity index (χ4n) is 4.82. The van der Waals surface area contributed by atoms with Crippen LogP contribution in [0.5, 0.6) is 5.75 Å². The van der Waals surface area contributed by atoms with E-state index in [-0.39, 0.29) is 24.3 Å². The van der Waals surface area contributed by atoms with E-state index in [1.165, 1.54) is 12.5 Å². The summed E-state index contributed by atoms with van der Waals surface area (Å²) in [4.78, 5) is 49.5. The minimum absolute atomic E-state index is 0.0352. The molecule has 2 bridgehead atoms. The Morgan fingerprint density at radius 3 is 2.61 bits per heavy atom. The maximum Gasteiger partial charge on any atom is 0.272 e. The molecule has 9 nitrogen and oxygen atoms in total. The number of benzene rings is 1.